The smallest absolute Gasteiger partial charge is 0.384 e. The van der Waals surface area contributed by atoms with Crippen LogP contribution in [-0.4, -0.2) is 19.5 Å². The van der Waals surface area contributed by atoms with Crippen LogP contribution in [0.4, 0.5) is 19.0 Å². The number of nitrogen functional groups attached to an aromatic ring is 1. The lowest BCUT2D eigenvalue weighted by Gasteiger charge is -2.12. The van der Waals surface area contributed by atoms with E-state index in [1.54, 1.807) is 6.20 Å². The van der Waals surface area contributed by atoms with Crippen molar-refractivity contribution >= 4 is 28.5 Å². The van der Waals surface area contributed by atoms with Gasteiger partial charge in [0, 0.05) is 24.7 Å². The van der Waals surface area contributed by atoms with Gasteiger partial charge in [0.1, 0.15) is 5.82 Å². The van der Waals surface area contributed by atoms with Crippen LogP contribution in [0.5, 0.6) is 0 Å². The summed E-state index contributed by atoms with van der Waals surface area (Å²) in [5.74, 6) is -0.207. The van der Waals surface area contributed by atoms with Crippen molar-refractivity contribution < 1.29 is 13.2 Å². The van der Waals surface area contributed by atoms with Gasteiger partial charge in [-0.15, -0.1) is 0 Å². The van der Waals surface area contributed by atoms with E-state index < -0.39 is 11.9 Å². The predicted octanol–water partition coefficient (Wildman–Crippen LogP) is 4.38. The van der Waals surface area contributed by atoms with E-state index in [2.05, 4.69) is 28.1 Å². The maximum atomic E-state index is 12.9. The van der Waals surface area contributed by atoms with Gasteiger partial charge in [-0.2, -0.15) is 13.2 Å². The Hall–Kier alpha value is -2.29. The highest BCUT2D eigenvalue weighted by Crippen LogP contribution is 2.36. The minimum Gasteiger partial charge on any atom is -0.384 e. The molecular weight excluding hydrogens is 363 g/mol. The zero-order valence-corrected chi connectivity index (χ0v) is 15.3. The molecule has 0 saturated heterocycles. The molecule has 0 aliphatic heterocycles. The third-order valence-electron chi connectivity index (χ3n) is 4.07. The summed E-state index contributed by atoms with van der Waals surface area (Å²) in [5.41, 5.74) is 7.43. The monoisotopic (exact) mass is 381 g/mol. The van der Waals surface area contributed by atoms with E-state index in [-0.39, 0.29) is 16.2 Å². The normalized spacial score (nSPS) is 13.3. The number of hydrogen-bond donors (Lipinski definition) is 1. The van der Waals surface area contributed by atoms with Gasteiger partial charge < -0.3 is 10.3 Å². The second-order valence-electron chi connectivity index (χ2n) is 5.96. The number of nitrogens with two attached hydrogens (primary N) is 1. The molecule has 0 amide bonds. The number of thioether (sulfide) groups is 1. The minimum atomic E-state index is -4.56. The molecule has 0 radical (unpaired) electrons. The fourth-order valence-electron chi connectivity index (χ4n) is 2.74. The summed E-state index contributed by atoms with van der Waals surface area (Å²) in [6.07, 6.45) is 0.162. The number of halogens is 3. The maximum Gasteiger partial charge on any atom is 0.433 e. The number of fused-ring (bicyclic) bond motifs is 1. The molecule has 5 nitrogen and oxygen atoms in total. The first-order valence-electron chi connectivity index (χ1n) is 8.01. The first-order valence-corrected chi connectivity index (χ1v) is 8.89. The van der Waals surface area contributed by atoms with Gasteiger partial charge in [-0.25, -0.2) is 9.97 Å². The van der Waals surface area contributed by atoms with Gasteiger partial charge in [0.25, 0.3) is 0 Å². The van der Waals surface area contributed by atoms with Gasteiger partial charge >= 0.3 is 6.18 Å². The van der Waals surface area contributed by atoms with E-state index in [9.17, 15) is 13.2 Å². The van der Waals surface area contributed by atoms with Crippen molar-refractivity contribution in [3.63, 3.8) is 0 Å². The molecule has 0 bridgehead atoms. The van der Waals surface area contributed by atoms with Crippen LogP contribution in [0.1, 0.15) is 36.0 Å². The van der Waals surface area contributed by atoms with Crippen molar-refractivity contribution in [3.8, 4) is 0 Å². The standard InChI is InChI=1S/C17H18F3N5S/c1-4-10-8-25(3)13-7-22-12(5-11(10)13)9(2)26-16-23-14(17(18,19)20)6-15(21)24-16/h5-9H,4H2,1-3H3,(H2,21,23,24). The van der Waals surface area contributed by atoms with Crippen LogP contribution in [0.2, 0.25) is 0 Å². The summed E-state index contributed by atoms with van der Waals surface area (Å²) < 4.78 is 40.7. The van der Waals surface area contributed by atoms with Crippen LogP contribution in [0.25, 0.3) is 10.9 Å². The molecule has 0 saturated carbocycles. The summed E-state index contributed by atoms with van der Waals surface area (Å²) in [6.45, 7) is 3.93. The van der Waals surface area contributed by atoms with Crippen molar-refractivity contribution in [3.05, 3.63) is 41.5 Å². The summed E-state index contributed by atoms with van der Waals surface area (Å²) >= 11 is 1.10. The average Bonchev–Trinajstić information content (AvgIpc) is 2.89. The fraction of sp³-hybridized carbons (Fsp3) is 0.353. The lowest BCUT2D eigenvalue weighted by molar-refractivity contribution is -0.141. The Morgan fingerprint density at radius 3 is 2.65 bits per heavy atom. The first kappa shape index (κ1) is 18.5. The van der Waals surface area contributed by atoms with Crippen LogP contribution in [0.3, 0.4) is 0 Å². The molecule has 9 heteroatoms. The average molecular weight is 381 g/mol. The molecule has 3 aromatic heterocycles. The van der Waals surface area contributed by atoms with E-state index >= 15 is 0 Å². The molecule has 2 N–H and O–H groups in total. The molecular formula is C17H18F3N5S. The number of anilines is 1. The third kappa shape index (κ3) is 3.62. The number of rotatable bonds is 4. The zero-order valence-electron chi connectivity index (χ0n) is 14.5. The fourth-order valence-corrected chi connectivity index (χ4v) is 3.61. The maximum absolute atomic E-state index is 12.9. The quantitative estimate of drug-likeness (QED) is 0.536. The highest BCUT2D eigenvalue weighted by Gasteiger charge is 2.33. The van der Waals surface area contributed by atoms with Crippen molar-refractivity contribution in [2.45, 2.75) is 36.9 Å². The minimum absolute atomic E-state index is 0.0181. The number of nitrogens with zero attached hydrogens (tertiary/aromatic N) is 4. The summed E-state index contributed by atoms with van der Waals surface area (Å²) in [7, 11) is 1.96. The molecule has 138 valence electrons. The number of aryl methyl sites for hydroxylation is 2. The topological polar surface area (TPSA) is 69.6 Å². The second kappa shape index (κ2) is 6.79. The number of alkyl halides is 3. The Labute approximate surface area is 152 Å². The van der Waals surface area contributed by atoms with Crippen molar-refractivity contribution in [2.24, 2.45) is 7.05 Å². The lowest BCUT2D eigenvalue weighted by atomic mass is 10.1. The summed E-state index contributed by atoms with van der Waals surface area (Å²) in [4.78, 5) is 12.0. The second-order valence-corrected chi connectivity index (χ2v) is 7.27. The number of aromatic nitrogens is 4. The number of pyridine rings is 1. The van der Waals surface area contributed by atoms with Gasteiger partial charge in [-0.1, -0.05) is 18.7 Å². The Morgan fingerprint density at radius 2 is 2.00 bits per heavy atom. The lowest BCUT2D eigenvalue weighted by Crippen LogP contribution is -2.11. The largest absolute Gasteiger partial charge is 0.433 e. The van der Waals surface area contributed by atoms with Gasteiger partial charge in [0.15, 0.2) is 10.9 Å². The third-order valence-corrected chi connectivity index (χ3v) is 5.06. The molecule has 0 aliphatic rings. The molecule has 1 atom stereocenters. The Kier molecular flexibility index (Phi) is 4.83. The molecule has 0 aliphatic carbocycles. The Bertz CT molecular complexity index is 951. The van der Waals surface area contributed by atoms with Crippen LogP contribution in [-0.2, 0) is 19.6 Å². The van der Waals surface area contributed by atoms with E-state index in [4.69, 9.17) is 5.73 Å². The van der Waals surface area contributed by atoms with E-state index in [0.717, 1.165) is 40.8 Å². The van der Waals surface area contributed by atoms with Gasteiger partial charge in [0.2, 0.25) is 0 Å². The molecule has 0 spiro atoms. The Balaban J connectivity index is 1.92. The first-order chi connectivity index (χ1) is 12.2. The van der Waals surface area contributed by atoms with Gasteiger partial charge in [-0.3, -0.25) is 4.98 Å². The Morgan fingerprint density at radius 1 is 1.27 bits per heavy atom. The SMILES string of the molecule is CCc1cn(C)c2cnc(C(C)Sc3nc(N)cc(C(F)(F)F)n3)cc12. The van der Waals surface area contributed by atoms with Crippen molar-refractivity contribution in [1.29, 1.82) is 0 Å². The van der Waals surface area contributed by atoms with Crippen molar-refractivity contribution in [2.75, 3.05) is 5.73 Å². The van der Waals surface area contributed by atoms with E-state index in [1.807, 2.05) is 24.6 Å². The van der Waals surface area contributed by atoms with Crippen LogP contribution >= 0.6 is 11.8 Å². The summed E-state index contributed by atoms with van der Waals surface area (Å²) in [5, 5.41) is 0.847. The van der Waals surface area contributed by atoms with Crippen LogP contribution in [0, 0.1) is 0 Å². The molecule has 3 aromatic rings. The van der Waals surface area contributed by atoms with E-state index in [0.29, 0.717) is 0 Å². The number of hydrogen-bond acceptors (Lipinski definition) is 5. The predicted molar refractivity (Wildman–Crippen MR) is 95.8 cm³/mol. The molecule has 0 aromatic carbocycles. The molecule has 0 fully saturated rings. The van der Waals surface area contributed by atoms with Crippen LogP contribution < -0.4 is 5.73 Å². The highest BCUT2D eigenvalue weighted by atomic mass is 32.2. The van der Waals surface area contributed by atoms with Gasteiger partial charge in [-0.05, 0) is 25.0 Å². The molecule has 26 heavy (non-hydrogen) atoms. The molecule has 3 rings (SSSR count). The summed E-state index contributed by atoms with van der Waals surface area (Å²) in [6, 6.07) is 2.71. The molecule has 3 heterocycles. The van der Waals surface area contributed by atoms with E-state index in [1.165, 1.54) is 5.56 Å². The van der Waals surface area contributed by atoms with Gasteiger partial charge in [0.05, 0.1) is 22.7 Å². The van der Waals surface area contributed by atoms with Crippen LogP contribution in [0.15, 0.2) is 29.7 Å². The highest BCUT2D eigenvalue weighted by molar-refractivity contribution is 7.99. The molecule has 1 unspecified atom stereocenters. The van der Waals surface area contributed by atoms with Crippen molar-refractivity contribution in [1.82, 2.24) is 19.5 Å². The zero-order chi connectivity index (χ0) is 19.1.